The molecule has 0 spiro atoms. The summed E-state index contributed by atoms with van der Waals surface area (Å²) in [6.45, 7) is 10.1. The van der Waals surface area contributed by atoms with Crippen molar-refractivity contribution in [3.8, 4) is 0 Å². The fourth-order valence-electron chi connectivity index (χ4n) is 2.61. The Labute approximate surface area is 120 Å². The van der Waals surface area contributed by atoms with Crippen LogP contribution in [0.15, 0.2) is 17.2 Å². The Bertz CT molecular complexity index is 489. The van der Waals surface area contributed by atoms with E-state index in [0.717, 1.165) is 39.0 Å². The van der Waals surface area contributed by atoms with Gasteiger partial charge in [-0.1, -0.05) is 20.8 Å². The lowest BCUT2D eigenvalue weighted by molar-refractivity contribution is 0.247. The molecule has 0 unspecified atom stereocenters. The molecule has 20 heavy (non-hydrogen) atoms. The summed E-state index contributed by atoms with van der Waals surface area (Å²) in [5.41, 5.74) is 0.233. The van der Waals surface area contributed by atoms with Gasteiger partial charge in [0.1, 0.15) is 0 Å². The van der Waals surface area contributed by atoms with Crippen LogP contribution in [0.25, 0.3) is 0 Å². The molecule has 1 aliphatic heterocycles. The van der Waals surface area contributed by atoms with Crippen molar-refractivity contribution in [2.24, 2.45) is 11.3 Å². The maximum absolute atomic E-state index is 12.3. The number of piperidine rings is 1. The van der Waals surface area contributed by atoms with Crippen molar-refractivity contribution >= 4 is 5.82 Å². The minimum Gasteiger partial charge on any atom is -0.365 e. The van der Waals surface area contributed by atoms with Gasteiger partial charge in [0.25, 0.3) is 5.56 Å². The average molecular weight is 278 g/mol. The Kier molecular flexibility index (Phi) is 4.81. The second kappa shape index (κ2) is 6.39. The van der Waals surface area contributed by atoms with E-state index in [9.17, 15) is 4.79 Å². The Balaban J connectivity index is 2.04. The highest BCUT2D eigenvalue weighted by Crippen LogP contribution is 2.27. The number of nitrogens with one attached hydrogen (secondary N) is 2. The van der Waals surface area contributed by atoms with Crippen molar-refractivity contribution in [1.29, 1.82) is 0 Å². The molecule has 0 bridgehead atoms. The second-order valence-electron chi connectivity index (χ2n) is 6.54. The first-order chi connectivity index (χ1) is 9.50. The van der Waals surface area contributed by atoms with E-state index in [-0.39, 0.29) is 11.0 Å². The Morgan fingerprint density at radius 2 is 2.15 bits per heavy atom. The van der Waals surface area contributed by atoms with E-state index in [1.807, 2.05) is 0 Å². The number of anilines is 1. The molecule has 0 aromatic carbocycles. The summed E-state index contributed by atoms with van der Waals surface area (Å²) < 4.78 is 1.74. The van der Waals surface area contributed by atoms with Crippen LogP contribution in [-0.4, -0.2) is 29.2 Å². The molecule has 5 heteroatoms. The van der Waals surface area contributed by atoms with Crippen molar-refractivity contribution in [1.82, 2.24) is 14.9 Å². The van der Waals surface area contributed by atoms with Crippen LogP contribution in [0.2, 0.25) is 0 Å². The largest absolute Gasteiger partial charge is 0.365 e. The van der Waals surface area contributed by atoms with Gasteiger partial charge in [-0.3, -0.25) is 4.79 Å². The van der Waals surface area contributed by atoms with Crippen molar-refractivity contribution in [3.63, 3.8) is 0 Å². The quantitative estimate of drug-likeness (QED) is 0.860. The van der Waals surface area contributed by atoms with Crippen LogP contribution in [0.4, 0.5) is 5.82 Å². The van der Waals surface area contributed by atoms with Crippen LogP contribution >= 0.6 is 0 Å². The van der Waals surface area contributed by atoms with Gasteiger partial charge in [-0.15, -0.1) is 0 Å². The highest BCUT2D eigenvalue weighted by molar-refractivity contribution is 5.31. The van der Waals surface area contributed by atoms with E-state index in [4.69, 9.17) is 0 Å². The van der Waals surface area contributed by atoms with Gasteiger partial charge in [-0.25, -0.2) is 4.98 Å². The maximum atomic E-state index is 12.3. The first-order valence-corrected chi connectivity index (χ1v) is 7.50. The summed E-state index contributed by atoms with van der Waals surface area (Å²) in [5, 5.41) is 6.64. The third-order valence-corrected chi connectivity index (χ3v) is 3.97. The van der Waals surface area contributed by atoms with Crippen LogP contribution in [0, 0.1) is 11.3 Å². The van der Waals surface area contributed by atoms with Gasteiger partial charge in [0.15, 0.2) is 5.82 Å². The average Bonchev–Trinajstić information content (AvgIpc) is 2.40. The smallest absolute Gasteiger partial charge is 0.293 e. The van der Waals surface area contributed by atoms with Crippen LogP contribution in [-0.2, 0) is 6.54 Å². The van der Waals surface area contributed by atoms with E-state index in [1.54, 1.807) is 17.0 Å². The van der Waals surface area contributed by atoms with Crippen molar-refractivity contribution < 1.29 is 0 Å². The summed E-state index contributed by atoms with van der Waals surface area (Å²) in [5.74, 6) is 0.929. The van der Waals surface area contributed by atoms with Crippen LogP contribution in [0.3, 0.4) is 0 Å². The monoisotopic (exact) mass is 278 g/mol. The van der Waals surface area contributed by atoms with Crippen molar-refractivity contribution in [2.75, 3.05) is 25.0 Å². The molecular weight excluding hydrogens is 252 g/mol. The van der Waals surface area contributed by atoms with Gasteiger partial charge in [0.05, 0.1) is 0 Å². The number of hydrogen-bond acceptors (Lipinski definition) is 4. The number of hydrogen-bond donors (Lipinski definition) is 2. The number of nitrogens with zero attached hydrogens (tertiary/aromatic N) is 2. The SMILES string of the molecule is CC(C)Cn1ccnc(NCC2(C)CCNCC2)c1=O. The minimum absolute atomic E-state index is 0.0151. The van der Waals surface area contributed by atoms with Crippen LogP contribution in [0.1, 0.15) is 33.6 Å². The molecule has 0 atom stereocenters. The molecule has 1 aromatic rings. The third kappa shape index (κ3) is 3.82. The van der Waals surface area contributed by atoms with Gasteiger partial charge >= 0.3 is 0 Å². The topological polar surface area (TPSA) is 59.0 Å². The van der Waals surface area contributed by atoms with E-state index >= 15 is 0 Å². The zero-order chi connectivity index (χ0) is 14.6. The predicted molar refractivity (Wildman–Crippen MR) is 82.0 cm³/mol. The van der Waals surface area contributed by atoms with E-state index in [0.29, 0.717) is 11.7 Å². The summed E-state index contributed by atoms with van der Waals surface area (Å²) in [7, 11) is 0. The van der Waals surface area contributed by atoms with Crippen LogP contribution in [0.5, 0.6) is 0 Å². The molecule has 2 N–H and O–H groups in total. The zero-order valence-electron chi connectivity index (χ0n) is 12.8. The molecule has 112 valence electrons. The van der Waals surface area contributed by atoms with Gasteiger partial charge < -0.3 is 15.2 Å². The van der Waals surface area contributed by atoms with E-state index < -0.39 is 0 Å². The highest BCUT2D eigenvalue weighted by Gasteiger charge is 2.26. The van der Waals surface area contributed by atoms with Gasteiger partial charge in [-0.05, 0) is 37.3 Å². The first kappa shape index (κ1) is 15.0. The molecule has 2 rings (SSSR count). The Hall–Kier alpha value is -1.36. The standard InChI is InChI=1S/C15H26N4O/c1-12(2)10-19-9-8-17-13(14(19)20)18-11-15(3)4-6-16-7-5-15/h8-9,12,16H,4-7,10-11H2,1-3H3,(H,17,18). The molecule has 0 radical (unpaired) electrons. The van der Waals surface area contributed by atoms with E-state index in [1.165, 1.54) is 0 Å². The predicted octanol–water partition coefficient (Wildman–Crippen LogP) is 1.70. The molecule has 0 aliphatic carbocycles. The summed E-state index contributed by atoms with van der Waals surface area (Å²) >= 11 is 0. The Morgan fingerprint density at radius 3 is 2.80 bits per heavy atom. The Morgan fingerprint density at radius 1 is 1.45 bits per heavy atom. The summed E-state index contributed by atoms with van der Waals surface area (Å²) in [4.78, 5) is 16.5. The van der Waals surface area contributed by atoms with Gasteiger partial charge in [0, 0.05) is 25.5 Å². The number of aromatic nitrogens is 2. The maximum Gasteiger partial charge on any atom is 0.293 e. The van der Waals surface area contributed by atoms with E-state index in [2.05, 4.69) is 36.4 Å². The van der Waals surface area contributed by atoms with Gasteiger partial charge in [0.2, 0.25) is 0 Å². The molecular formula is C15H26N4O. The molecule has 0 saturated carbocycles. The molecule has 1 fully saturated rings. The molecule has 5 nitrogen and oxygen atoms in total. The fourth-order valence-corrected chi connectivity index (χ4v) is 2.61. The normalized spacial score (nSPS) is 18.2. The first-order valence-electron chi connectivity index (χ1n) is 7.50. The molecule has 1 aromatic heterocycles. The third-order valence-electron chi connectivity index (χ3n) is 3.97. The van der Waals surface area contributed by atoms with Crippen LogP contribution < -0.4 is 16.2 Å². The lowest BCUT2D eigenvalue weighted by Gasteiger charge is -2.34. The zero-order valence-corrected chi connectivity index (χ0v) is 12.8. The van der Waals surface area contributed by atoms with Crippen molar-refractivity contribution in [2.45, 2.75) is 40.2 Å². The minimum atomic E-state index is -0.0151. The molecule has 1 aliphatic rings. The number of rotatable bonds is 5. The molecule has 2 heterocycles. The highest BCUT2D eigenvalue weighted by atomic mass is 16.1. The lowest BCUT2D eigenvalue weighted by Crippen LogP contribution is -2.40. The molecule has 1 saturated heterocycles. The fraction of sp³-hybridized carbons (Fsp3) is 0.733. The summed E-state index contributed by atoms with van der Waals surface area (Å²) in [6, 6.07) is 0. The second-order valence-corrected chi connectivity index (χ2v) is 6.54. The lowest BCUT2D eigenvalue weighted by atomic mass is 9.81. The molecule has 0 amide bonds. The summed E-state index contributed by atoms with van der Waals surface area (Å²) in [6.07, 6.45) is 5.73. The van der Waals surface area contributed by atoms with Gasteiger partial charge in [-0.2, -0.15) is 0 Å². The van der Waals surface area contributed by atoms with Crippen molar-refractivity contribution in [3.05, 3.63) is 22.7 Å².